The molecule has 4 rings (SSSR count). The van der Waals surface area contributed by atoms with Crippen molar-refractivity contribution in [3.05, 3.63) is 42.0 Å². The number of halogens is 2. The summed E-state index contributed by atoms with van der Waals surface area (Å²) in [4.78, 5) is 30.2. The predicted molar refractivity (Wildman–Crippen MR) is 91.7 cm³/mol. The SMILES string of the molecule is O=C(NC1CC(=O)N(c2c(F)cccc2F)C1)[C@@H]1CCC[C@@H]1c1ncn[nH]1. The van der Waals surface area contributed by atoms with Gasteiger partial charge in [-0.05, 0) is 25.0 Å². The smallest absolute Gasteiger partial charge is 0.229 e. The van der Waals surface area contributed by atoms with Crippen LogP contribution >= 0.6 is 0 Å². The van der Waals surface area contributed by atoms with E-state index in [4.69, 9.17) is 0 Å². The molecule has 0 radical (unpaired) electrons. The molecule has 1 aliphatic carbocycles. The van der Waals surface area contributed by atoms with Crippen LogP contribution in [-0.4, -0.2) is 39.6 Å². The van der Waals surface area contributed by atoms with Gasteiger partial charge in [-0.1, -0.05) is 12.5 Å². The van der Waals surface area contributed by atoms with E-state index in [0.717, 1.165) is 36.3 Å². The van der Waals surface area contributed by atoms with Crippen molar-refractivity contribution >= 4 is 17.5 Å². The van der Waals surface area contributed by atoms with Gasteiger partial charge in [0.25, 0.3) is 0 Å². The van der Waals surface area contributed by atoms with Crippen LogP contribution in [0.3, 0.4) is 0 Å². The molecule has 7 nitrogen and oxygen atoms in total. The zero-order chi connectivity index (χ0) is 19.0. The average Bonchev–Trinajstić information content (AvgIpc) is 3.35. The fourth-order valence-electron chi connectivity index (χ4n) is 4.07. The van der Waals surface area contributed by atoms with Crippen LogP contribution in [0.5, 0.6) is 0 Å². The number of carbonyl (C=O) groups excluding carboxylic acids is 2. The molecule has 2 aliphatic rings. The van der Waals surface area contributed by atoms with Gasteiger partial charge in [0.2, 0.25) is 11.8 Å². The highest BCUT2D eigenvalue weighted by Crippen LogP contribution is 2.38. The molecule has 1 aromatic carbocycles. The standard InChI is InChI=1S/C18H19F2N5O2/c19-13-5-2-6-14(20)16(13)25-8-10(7-15(25)26)23-18(27)12-4-1-3-11(12)17-21-9-22-24-17/h2,5-6,9-12H,1,3-4,7-8H2,(H,23,27)(H,21,22,24)/t10?,11-,12+/m0/s1. The lowest BCUT2D eigenvalue weighted by Gasteiger charge is -2.21. The van der Waals surface area contributed by atoms with Gasteiger partial charge in [-0.25, -0.2) is 13.8 Å². The van der Waals surface area contributed by atoms with Gasteiger partial charge < -0.3 is 10.2 Å². The maximum atomic E-state index is 14.0. The fourth-order valence-corrected chi connectivity index (χ4v) is 4.07. The van der Waals surface area contributed by atoms with Crippen LogP contribution in [0.4, 0.5) is 14.5 Å². The third-order valence-corrected chi connectivity index (χ3v) is 5.32. The maximum Gasteiger partial charge on any atom is 0.229 e. The molecule has 2 N–H and O–H groups in total. The lowest BCUT2D eigenvalue weighted by molar-refractivity contribution is -0.125. The Balaban J connectivity index is 1.45. The lowest BCUT2D eigenvalue weighted by atomic mass is 9.94. The number of hydrogen-bond acceptors (Lipinski definition) is 4. The topological polar surface area (TPSA) is 91.0 Å². The molecule has 2 aromatic rings. The van der Waals surface area contributed by atoms with Gasteiger partial charge in [0.1, 0.15) is 29.5 Å². The van der Waals surface area contributed by atoms with E-state index in [0.29, 0.717) is 5.82 Å². The summed E-state index contributed by atoms with van der Waals surface area (Å²) in [5, 5.41) is 9.54. The molecule has 1 unspecified atom stereocenters. The molecule has 1 saturated carbocycles. The number of benzene rings is 1. The molecule has 3 atom stereocenters. The van der Waals surface area contributed by atoms with Crippen LogP contribution in [0.1, 0.15) is 37.4 Å². The average molecular weight is 375 g/mol. The number of H-pyrrole nitrogens is 1. The summed E-state index contributed by atoms with van der Waals surface area (Å²) >= 11 is 0. The van der Waals surface area contributed by atoms with Gasteiger partial charge in [0.05, 0.1) is 6.04 Å². The molecule has 1 saturated heterocycles. The molecular weight excluding hydrogens is 356 g/mol. The largest absolute Gasteiger partial charge is 0.351 e. The van der Waals surface area contributed by atoms with Crippen molar-refractivity contribution in [1.29, 1.82) is 0 Å². The van der Waals surface area contributed by atoms with E-state index in [9.17, 15) is 18.4 Å². The first-order valence-electron chi connectivity index (χ1n) is 8.94. The number of rotatable bonds is 4. The highest BCUT2D eigenvalue weighted by atomic mass is 19.1. The third-order valence-electron chi connectivity index (χ3n) is 5.32. The summed E-state index contributed by atoms with van der Waals surface area (Å²) in [6, 6.07) is 2.98. The number of aromatic nitrogens is 3. The van der Waals surface area contributed by atoms with Crippen LogP contribution in [0.15, 0.2) is 24.5 Å². The first-order valence-corrected chi connectivity index (χ1v) is 8.94. The highest BCUT2D eigenvalue weighted by Gasteiger charge is 2.39. The second-order valence-corrected chi connectivity index (χ2v) is 7.00. The summed E-state index contributed by atoms with van der Waals surface area (Å²) in [6.45, 7) is 0.0438. The predicted octanol–water partition coefficient (Wildman–Crippen LogP) is 1.89. The number of nitrogens with one attached hydrogen (secondary N) is 2. The number of hydrogen-bond donors (Lipinski definition) is 2. The zero-order valence-electron chi connectivity index (χ0n) is 14.5. The molecule has 0 spiro atoms. The first-order chi connectivity index (χ1) is 13.0. The number of nitrogens with zero attached hydrogens (tertiary/aromatic N) is 3. The van der Waals surface area contributed by atoms with E-state index in [1.54, 1.807) is 0 Å². The monoisotopic (exact) mass is 375 g/mol. The van der Waals surface area contributed by atoms with E-state index >= 15 is 0 Å². The minimum absolute atomic E-state index is 0.0131. The zero-order valence-corrected chi connectivity index (χ0v) is 14.5. The van der Waals surface area contributed by atoms with E-state index in [-0.39, 0.29) is 36.4 Å². The molecule has 1 aliphatic heterocycles. The number of para-hydroxylation sites is 1. The quantitative estimate of drug-likeness (QED) is 0.854. The van der Waals surface area contributed by atoms with Crippen molar-refractivity contribution < 1.29 is 18.4 Å². The van der Waals surface area contributed by atoms with Crippen molar-refractivity contribution in [2.45, 2.75) is 37.6 Å². The molecule has 2 fully saturated rings. The van der Waals surface area contributed by atoms with E-state index in [1.807, 2.05) is 0 Å². The van der Waals surface area contributed by atoms with Crippen LogP contribution in [0.2, 0.25) is 0 Å². The summed E-state index contributed by atoms with van der Waals surface area (Å²) in [5.41, 5.74) is -0.361. The maximum absolute atomic E-state index is 14.0. The Hall–Kier alpha value is -2.84. The Kier molecular flexibility index (Phi) is 4.59. The Labute approximate surface area is 154 Å². The van der Waals surface area contributed by atoms with Gasteiger partial charge in [0.15, 0.2) is 0 Å². The number of anilines is 1. The van der Waals surface area contributed by atoms with Gasteiger partial charge in [-0.2, -0.15) is 5.10 Å². The minimum atomic E-state index is -0.795. The number of amides is 2. The van der Waals surface area contributed by atoms with Crippen molar-refractivity contribution in [2.24, 2.45) is 5.92 Å². The van der Waals surface area contributed by atoms with Gasteiger partial charge in [0, 0.05) is 24.8 Å². The molecule has 9 heteroatoms. The molecule has 27 heavy (non-hydrogen) atoms. The molecule has 0 bridgehead atoms. The van der Waals surface area contributed by atoms with Crippen LogP contribution < -0.4 is 10.2 Å². The van der Waals surface area contributed by atoms with Crippen LogP contribution in [-0.2, 0) is 9.59 Å². The molecule has 2 heterocycles. The summed E-state index contributed by atoms with van der Waals surface area (Å²) in [7, 11) is 0. The van der Waals surface area contributed by atoms with Crippen molar-refractivity contribution in [2.75, 3.05) is 11.4 Å². The van der Waals surface area contributed by atoms with Crippen LogP contribution in [0.25, 0.3) is 0 Å². The number of carbonyl (C=O) groups is 2. The van der Waals surface area contributed by atoms with Gasteiger partial charge >= 0.3 is 0 Å². The van der Waals surface area contributed by atoms with E-state index in [1.165, 1.54) is 12.4 Å². The second-order valence-electron chi connectivity index (χ2n) is 7.00. The van der Waals surface area contributed by atoms with E-state index in [2.05, 4.69) is 20.5 Å². The Bertz CT molecular complexity index is 837. The van der Waals surface area contributed by atoms with Crippen molar-refractivity contribution in [3.8, 4) is 0 Å². The first kappa shape index (κ1) is 17.6. The summed E-state index contributed by atoms with van der Waals surface area (Å²) in [6.07, 6.45) is 3.89. The van der Waals surface area contributed by atoms with Gasteiger partial charge in [-0.3, -0.25) is 14.7 Å². The Morgan fingerprint density at radius 3 is 2.74 bits per heavy atom. The molecule has 2 amide bonds. The highest BCUT2D eigenvalue weighted by molar-refractivity contribution is 5.97. The van der Waals surface area contributed by atoms with E-state index < -0.39 is 23.6 Å². The number of aromatic amines is 1. The second kappa shape index (κ2) is 7.05. The van der Waals surface area contributed by atoms with Crippen LogP contribution in [0, 0.1) is 17.6 Å². The summed E-state index contributed by atoms with van der Waals surface area (Å²) < 4.78 is 28.0. The molecule has 142 valence electrons. The van der Waals surface area contributed by atoms with Gasteiger partial charge in [-0.15, -0.1) is 0 Å². The molecular formula is C18H19F2N5O2. The summed E-state index contributed by atoms with van der Waals surface area (Å²) in [5.74, 6) is -1.78. The van der Waals surface area contributed by atoms with Crippen molar-refractivity contribution in [3.63, 3.8) is 0 Å². The minimum Gasteiger partial charge on any atom is -0.351 e. The third kappa shape index (κ3) is 3.29. The van der Waals surface area contributed by atoms with Crippen molar-refractivity contribution in [1.82, 2.24) is 20.5 Å². The normalized spacial score (nSPS) is 25.2. The fraction of sp³-hybridized carbons (Fsp3) is 0.444. The molecule has 1 aromatic heterocycles. The Morgan fingerprint density at radius 1 is 1.26 bits per heavy atom. The Morgan fingerprint density at radius 2 is 2.04 bits per heavy atom. The lowest BCUT2D eigenvalue weighted by Crippen LogP contribution is -2.41.